The molecule has 0 saturated carbocycles. The first-order valence-corrected chi connectivity index (χ1v) is 5.85. The average molecular weight is 205 g/mol. The topological polar surface area (TPSA) is 51.8 Å². The SMILES string of the molecule is CC.CCCSc1nnc(N)s1. The van der Waals surface area contributed by atoms with Gasteiger partial charge in [-0.15, -0.1) is 10.2 Å². The van der Waals surface area contributed by atoms with Crippen LogP contribution in [0.2, 0.25) is 0 Å². The molecule has 0 aliphatic carbocycles. The summed E-state index contributed by atoms with van der Waals surface area (Å²) in [5.74, 6) is 1.09. The molecule has 3 nitrogen and oxygen atoms in total. The van der Waals surface area contributed by atoms with Crippen LogP contribution in [0.5, 0.6) is 0 Å². The van der Waals surface area contributed by atoms with Crippen LogP contribution in [0.25, 0.3) is 0 Å². The highest BCUT2D eigenvalue weighted by atomic mass is 32.2. The zero-order valence-corrected chi connectivity index (χ0v) is 9.34. The third-order valence-electron chi connectivity index (χ3n) is 0.852. The Hall–Kier alpha value is -0.290. The van der Waals surface area contributed by atoms with Crippen molar-refractivity contribution >= 4 is 28.2 Å². The van der Waals surface area contributed by atoms with Crippen LogP contribution < -0.4 is 5.73 Å². The van der Waals surface area contributed by atoms with Gasteiger partial charge in [0.2, 0.25) is 5.13 Å². The lowest BCUT2D eigenvalue weighted by Crippen LogP contribution is -1.79. The highest BCUT2D eigenvalue weighted by molar-refractivity contribution is 8.01. The number of nitrogen functional groups attached to an aromatic ring is 1. The van der Waals surface area contributed by atoms with Crippen molar-refractivity contribution in [3.63, 3.8) is 0 Å². The number of hydrogen-bond donors (Lipinski definition) is 1. The van der Waals surface area contributed by atoms with E-state index in [2.05, 4.69) is 17.1 Å². The molecule has 0 spiro atoms. The van der Waals surface area contributed by atoms with Crippen molar-refractivity contribution < 1.29 is 0 Å². The lowest BCUT2D eigenvalue weighted by Gasteiger charge is -1.87. The largest absolute Gasteiger partial charge is 0.374 e. The van der Waals surface area contributed by atoms with E-state index in [0.29, 0.717) is 5.13 Å². The summed E-state index contributed by atoms with van der Waals surface area (Å²) in [5, 5.41) is 8.11. The van der Waals surface area contributed by atoms with E-state index >= 15 is 0 Å². The van der Waals surface area contributed by atoms with Crippen LogP contribution in [0.4, 0.5) is 5.13 Å². The molecule has 1 aromatic rings. The van der Waals surface area contributed by atoms with Crippen molar-refractivity contribution in [2.45, 2.75) is 31.5 Å². The van der Waals surface area contributed by atoms with Gasteiger partial charge in [0.05, 0.1) is 0 Å². The quantitative estimate of drug-likeness (QED) is 0.771. The monoisotopic (exact) mass is 205 g/mol. The molecule has 1 rings (SSSR count). The van der Waals surface area contributed by atoms with Crippen LogP contribution in [0.3, 0.4) is 0 Å². The fourth-order valence-electron chi connectivity index (χ4n) is 0.468. The average Bonchev–Trinajstić information content (AvgIpc) is 2.51. The minimum Gasteiger partial charge on any atom is -0.374 e. The molecule has 12 heavy (non-hydrogen) atoms. The molecule has 70 valence electrons. The second-order valence-electron chi connectivity index (χ2n) is 1.75. The van der Waals surface area contributed by atoms with Crippen molar-refractivity contribution in [1.82, 2.24) is 10.2 Å². The summed E-state index contributed by atoms with van der Waals surface area (Å²) in [4.78, 5) is 0. The Balaban J connectivity index is 0.000000561. The summed E-state index contributed by atoms with van der Waals surface area (Å²) < 4.78 is 0.972. The zero-order valence-electron chi connectivity index (χ0n) is 7.70. The summed E-state index contributed by atoms with van der Waals surface area (Å²) in [5.41, 5.74) is 5.38. The molecule has 2 N–H and O–H groups in total. The first kappa shape index (κ1) is 11.7. The Labute approximate surface area is 81.8 Å². The van der Waals surface area contributed by atoms with Crippen LogP contribution in [-0.2, 0) is 0 Å². The van der Waals surface area contributed by atoms with E-state index in [0.717, 1.165) is 16.5 Å². The fraction of sp³-hybridized carbons (Fsp3) is 0.714. The van der Waals surface area contributed by atoms with Gasteiger partial charge < -0.3 is 5.73 Å². The third-order valence-corrected chi connectivity index (χ3v) is 2.94. The van der Waals surface area contributed by atoms with Gasteiger partial charge in [-0.2, -0.15) is 0 Å². The second-order valence-corrected chi connectivity index (χ2v) is 4.11. The van der Waals surface area contributed by atoms with Crippen molar-refractivity contribution in [3.05, 3.63) is 0 Å². The number of nitrogens with zero attached hydrogens (tertiary/aromatic N) is 2. The van der Waals surface area contributed by atoms with Crippen molar-refractivity contribution in [1.29, 1.82) is 0 Å². The van der Waals surface area contributed by atoms with Crippen LogP contribution >= 0.6 is 23.1 Å². The van der Waals surface area contributed by atoms with Gasteiger partial charge in [0.15, 0.2) is 4.34 Å². The molecule has 0 bridgehead atoms. The van der Waals surface area contributed by atoms with Gasteiger partial charge in [-0.3, -0.25) is 0 Å². The molecular formula is C7H15N3S2. The van der Waals surface area contributed by atoms with Crippen LogP contribution in [0.15, 0.2) is 4.34 Å². The molecule has 5 heteroatoms. The van der Waals surface area contributed by atoms with Gasteiger partial charge in [-0.05, 0) is 6.42 Å². The van der Waals surface area contributed by atoms with Crippen molar-refractivity contribution in [2.75, 3.05) is 11.5 Å². The fourth-order valence-corrected chi connectivity index (χ4v) is 2.03. The van der Waals surface area contributed by atoms with Crippen molar-refractivity contribution in [3.8, 4) is 0 Å². The maximum atomic E-state index is 5.38. The third kappa shape index (κ3) is 4.56. The Morgan fingerprint density at radius 3 is 2.50 bits per heavy atom. The molecule has 0 aliphatic heterocycles. The highest BCUT2D eigenvalue weighted by Gasteiger charge is 1.98. The van der Waals surface area contributed by atoms with E-state index in [9.17, 15) is 0 Å². The molecule has 0 radical (unpaired) electrons. The van der Waals surface area contributed by atoms with Gasteiger partial charge in [0.1, 0.15) is 0 Å². The number of aromatic nitrogens is 2. The standard InChI is InChI=1S/C5H9N3S2.C2H6/c1-2-3-9-5-8-7-4(6)10-5;1-2/h2-3H2,1H3,(H2,6,7);1-2H3. The predicted molar refractivity (Wildman–Crippen MR) is 56.7 cm³/mol. The van der Waals surface area contributed by atoms with Gasteiger partial charge >= 0.3 is 0 Å². The summed E-state index contributed by atoms with van der Waals surface area (Å²) in [7, 11) is 0. The lowest BCUT2D eigenvalue weighted by atomic mass is 10.6. The first-order chi connectivity index (χ1) is 5.83. The minimum atomic E-state index is 0.554. The van der Waals surface area contributed by atoms with Gasteiger partial charge in [0, 0.05) is 5.75 Å². The summed E-state index contributed by atoms with van der Waals surface area (Å²) in [6.45, 7) is 6.14. The molecule has 0 amide bonds. The Morgan fingerprint density at radius 1 is 1.42 bits per heavy atom. The predicted octanol–water partition coefficient (Wildman–Crippen LogP) is 2.65. The van der Waals surface area contributed by atoms with Crippen LogP contribution in [-0.4, -0.2) is 16.0 Å². The summed E-state index contributed by atoms with van der Waals surface area (Å²) >= 11 is 3.15. The number of hydrogen-bond acceptors (Lipinski definition) is 5. The molecule has 1 aromatic heterocycles. The van der Waals surface area contributed by atoms with Gasteiger partial charge in [-0.1, -0.05) is 43.9 Å². The van der Waals surface area contributed by atoms with Crippen LogP contribution in [0.1, 0.15) is 27.2 Å². The van der Waals surface area contributed by atoms with E-state index in [1.165, 1.54) is 11.3 Å². The maximum absolute atomic E-state index is 5.38. The second kappa shape index (κ2) is 7.36. The Bertz CT molecular complexity index is 200. The molecule has 0 fully saturated rings. The van der Waals surface area contributed by atoms with Crippen LogP contribution in [0, 0.1) is 0 Å². The number of rotatable bonds is 3. The van der Waals surface area contributed by atoms with E-state index in [1.54, 1.807) is 11.8 Å². The molecule has 1 heterocycles. The molecule has 0 atom stereocenters. The van der Waals surface area contributed by atoms with E-state index in [1.807, 2.05) is 13.8 Å². The van der Waals surface area contributed by atoms with E-state index in [4.69, 9.17) is 5.73 Å². The molecular weight excluding hydrogens is 190 g/mol. The maximum Gasteiger partial charge on any atom is 0.203 e. The number of anilines is 1. The lowest BCUT2D eigenvalue weighted by molar-refractivity contribution is 1.01. The van der Waals surface area contributed by atoms with Crippen molar-refractivity contribution in [2.24, 2.45) is 0 Å². The highest BCUT2D eigenvalue weighted by Crippen LogP contribution is 2.23. The number of thioether (sulfide) groups is 1. The van der Waals surface area contributed by atoms with Gasteiger partial charge in [-0.25, -0.2) is 0 Å². The van der Waals surface area contributed by atoms with E-state index < -0.39 is 0 Å². The molecule has 0 aliphatic rings. The zero-order chi connectivity index (χ0) is 9.40. The smallest absolute Gasteiger partial charge is 0.203 e. The molecule has 0 aromatic carbocycles. The molecule has 0 unspecified atom stereocenters. The summed E-state index contributed by atoms with van der Waals surface area (Å²) in [6.07, 6.45) is 1.16. The summed E-state index contributed by atoms with van der Waals surface area (Å²) in [6, 6.07) is 0. The van der Waals surface area contributed by atoms with E-state index in [-0.39, 0.29) is 0 Å². The Morgan fingerprint density at radius 2 is 2.08 bits per heavy atom. The molecule has 0 saturated heterocycles. The van der Waals surface area contributed by atoms with Gasteiger partial charge in [0.25, 0.3) is 0 Å². The Kier molecular flexibility index (Phi) is 7.19. The minimum absolute atomic E-state index is 0.554. The number of nitrogens with two attached hydrogens (primary N) is 1. The first-order valence-electron chi connectivity index (χ1n) is 4.04. The normalized spacial score (nSPS) is 8.92.